The summed E-state index contributed by atoms with van der Waals surface area (Å²) >= 11 is 0. The molecule has 1 heterocycles. The molecule has 0 aliphatic carbocycles. The van der Waals surface area contributed by atoms with Crippen LogP contribution < -0.4 is 15.4 Å². The predicted molar refractivity (Wildman–Crippen MR) is 112 cm³/mol. The van der Waals surface area contributed by atoms with Crippen LogP contribution in [0.3, 0.4) is 0 Å². The number of rotatable bonds is 9. The maximum absolute atomic E-state index is 11.8. The van der Waals surface area contributed by atoms with Gasteiger partial charge in [0.25, 0.3) is 0 Å². The van der Waals surface area contributed by atoms with E-state index in [4.69, 9.17) is 9.47 Å². The molecule has 0 aromatic carbocycles. The van der Waals surface area contributed by atoms with Crippen molar-refractivity contribution < 1.29 is 14.3 Å². The molecular formula is C16H31IN6O3. The van der Waals surface area contributed by atoms with Crippen LogP contribution >= 0.6 is 24.0 Å². The lowest BCUT2D eigenvalue weighted by molar-refractivity contribution is -0.127. The number of guanidine groups is 1. The zero-order valence-corrected chi connectivity index (χ0v) is 18.8. The van der Waals surface area contributed by atoms with E-state index >= 15 is 0 Å². The monoisotopic (exact) mass is 482 g/mol. The number of halogens is 1. The van der Waals surface area contributed by atoms with Gasteiger partial charge in [0.1, 0.15) is 0 Å². The molecule has 0 fully saturated rings. The Balaban J connectivity index is 0.00000625. The van der Waals surface area contributed by atoms with Crippen molar-refractivity contribution in [2.75, 3.05) is 48.0 Å². The van der Waals surface area contributed by atoms with Crippen molar-refractivity contribution in [3.63, 3.8) is 0 Å². The summed E-state index contributed by atoms with van der Waals surface area (Å²) < 4.78 is 12.2. The Morgan fingerprint density at radius 3 is 2.54 bits per heavy atom. The summed E-state index contributed by atoms with van der Waals surface area (Å²) in [6.07, 6.45) is 0.793. The van der Waals surface area contributed by atoms with Crippen molar-refractivity contribution in [3.05, 3.63) is 11.3 Å². The highest BCUT2D eigenvalue weighted by Gasteiger charge is 2.15. The molecule has 2 N–H and O–H groups in total. The van der Waals surface area contributed by atoms with Gasteiger partial charge in [0.15, 0.2) is 5.96 Å². The minimum atomic E-state index is -0.0329. The van der Waals surface area contributed by atoms with Crippen LogP contribution in [0.25, 0.3) is 0 Å². The number of carbonyl (C=O) groups is 1. The molecule has 10 heteroatoms. The minimum Gasteiger partial charge on any atom is -0.481 e. The minimum absolute atomic E-state index is 0. The van der Waals surface area contributed by atoms with Crippen molar-refractivity contribution in [1.82, 2.24) is 25.3 Å². The summed E-state index contributed by atoms with van der Waals surface area (Å²) in [6.45, 7) is 3.73. The van der Waals surface area contributed by atoms with Crippen LogP contribution in [0, 0.1) is 0 Å². The molecule has 1 aromatic rings. The molecular weight excluding hydrogens is 451 g/mol. The van der Waals surface area contributed by atoms with E-state index in [1.807, 2.05) is 14.0 Å². The number of carbonyl (C=O) groups excluding carboxylic acids is 1. The summed E-state index contributed by atoms with van der Waals surface area (Å²) in [7, 11) is 8.53. The van der Waals surface area contributed by atoms with Gasteiger partial charge in [-0.15, -0.1) is 24.0 Å². The number of aryl methyl sites for hydroxylation is 2. The van der Waals surface area contributed by atoms with E-state index < -0.39 is 0 Å². The van der Waals surface area contributed by atoms with Crippen LogP contribution in [0.1, 0.15) is 18.2 Å². The topological polar surface area (TPSA) is 93.0 Å². The molecule has 0 radical (unpaired) electrons. The Labute approximate surface area is 172 Å². The number of amides is 1. The zero-order chi connectivity index (χ0) is 18.8. The number of nitrogens with zero attached hydrogens (tertiary/aromatic N) is 4. The molecule has 0 saturated heterocycles. The lowest BCUT2D eigenvalue weighted by Crippen LogP contribution is -2.43. The zero-order valence-electron chi connectivity index (χ0n) is 16.5. The summed E-state index contributed by atoms with van der Waals surface area (Å²) in [5, 5.41) is 10.6. The van der Waals surface area contributed by atoms with E-state index in [-0.39, 0.29) is 36.4 Å². The third kappa shape index (κ3) is 7.36. The molecule has 0 aliphatic heterocycles. The number of aliphatic imine (C=N–C) groups is 1. The summed E-state index contributed by atoms with van der Waals surface area (Å²) in [5.41, 5.74) is 1.89. The molecule has 1 amide bonds. The first kappa shape index (κ1) is 24.4. The molecule has 0 atom stereocenters. The lowest BCUT2D eigenvalue weighted by atomic mass is 10.2. The van der Waals surface area contributed by atoms with Crippen molar-refractivity contribution in [3.8, 4) is 5.88 Å². The van der Waals surface area contributed by atoms with Crippen LogP contribution in [0.4, 0.5) is 0 Å². The van der Waals surface area contributed by atoms with Gasteiger partial charge >= 0.3 is 0 Å². The number of hydrogen-bond acceptors (Lipinski definition) is 5. The largest absolute Gasteiger partial charge is 0.481 e. The molecule has 0 unspecified atom stereocenters. The average molecular weight is 482 g/mol. The van der Waals surface area contributed by atoms with Crippen molar-refractivity contribution in [2.24, 2.45) is 12.0 Å². The van der Waals surface area contributed by atoms with Gasteiger partial charge in [0.2, 0.25) is 11.8 Å². The highest BCUT2D eigenvalue weighted by atomic mass is 127. The lowest BCUT2D eigenvalue weighted by Gasteiger charge is -2.15. The van der Waals surface area contributed by atoms with E-state index in [2.05, 4.69) is 20.7 Å². The highest BCUT2D eigenvalue weighted by molar-refractivity contribution is 14.0. The van der Waals surface area contributed by atoms with E-state index in [0.717, 1.165) is 17.7 Å². The average Bonchev–Trinajstić information content (AvgIpc) is 2.91. The van der Waals surface area contributed by atoms with Gasteiger partial charge in [0.05, 0.1) is 38.1 Å². The molecule has 0 saturated carbocycles. The Hall–Kier alpha value is -1.56. The first-order valence-electron chi connectivity index (χ1n) is 8.24. The summed E-state index contributed by atoms with van der Waals surface area (Å²) in [4.78, 5) is 17.9. The second-order valence-electron chi connectivity index (χ2n) is 5.64. The summed E-state index contributed by atoms with van der Waals surface area (Å²) in [5.74, 6) is 1.20. The fourth-order valence-electron chi connectivity index (χ4n) is 2.23. The van der Waals surface area contributed by atoms with Crippen molar-refractivity contribution >= 4 is 35.8 Å². The fraction of sp³-hybridized carbons (Fsp3) is 0.688. The Kier molecular flexibility index (Phi) is 12.0. The van der Waals surface area contributed by atoms with Gasteiger partial charge in [-0.05, 0) is 6.42 Å². The molecule has 1 rings (SSSR count). The molecule has 0 spiro atoms. The van der Waals surface area contributed by atoms with E-state index in [0.29, 0.717) is 31.5 Å². The fourth-order valence-corrected chi connectivity index (χ4v) is 2.23. The van der Waals surface area contributed by atoms with Gasteiger partial charge in [-0.3, -0.25) is 4.79 Å². The maximum Gasteiger partial charge on any atom is 0.241 e. The molecule has 0 bridgehead atoms. The van der Waals surface area contributed by atoms with Crippen LogP contribution in [0.5, 0.6) is 5.88 Å². The maximum atomic E-state index is 11.8. The van der Waals surface area contributed by atoms with Crippen LogP contribution in [-0.4, -0.2) is 74.6 Å². The quantitative estimate of drug-likeness (QED) is 0.229. The third-order valence-corrected chi connectivity index (χ3v) is 3.60. The number of likely N-dealkylation sites (N-methyl/N-ethyl adjacent to an activating group) is 1. The summed E-state index contributed by atoms with van der Waals surface area (Å²) in [6, 6.07) is 0. The van der Waals surface area contributed by atoms with Gasteiger partial charge in [-0.1, -0.05) is 6.92 Å². The van der Waals surface area contributed by atoms with E-state index in [9.17, 15) is 4.79 Å². The van der Waals surface area contributed by atoms with Gasteiger partial charge in [0, 0.05) is 34.8 Å². The first-order chi connectivity index (χ1) is 11.9. The molecule has 9 nitrogen and oxygen atoms in total. The normalized spacial score (nSPS) is 10.9. The molecule has 1 aromatic heterocycles. The standard InChI is InChI=1S/C16H30N6O3.HI/c1-7-13-12(15(25-6)22(4)20-13)10-18-16(17-8-9-24-5)19-11-14(23)21(2)3;/h7-11H2,1-6H3,(H2,17,18,19);1H. The first-order valence-corrected chi connectivity index (χ1v) is 8.24. The predicted octanol–water partition coefficient (Wildman–Crippen LogP) is 0.379. The van der Waals surface area contributed by atoms with E-state index in [1.165, 1.54) is 4.90 Å². The number of ether oxygens (including phenoxy) is 2. The van der Waals surface area contributed by atoms with Crippen LogP contribution in [-0.2, 0) is 29.5 Å². The van der Waals surface area contributed by atoms with Gasteiger partial charge in [-0.25, -0.2) is 9.67 Å². The van der Waals surface area contributed by atoms with E-state index in [1.54, 1.807) is 33.0 Å². The van der Waals surface area contributed by atoms with Crippen LogP contribution in [0.2, 0.25) is 0 Å². The molecule has 150 valence electrons. The van der Waals surface area contributed by atoms with Gasteiger partial charge in [-0.2, -0.15) is 5.10 Å². The second kappa shape index (κ2) is 12.7. The Bertz CT molecular complexity index is 589. The second-order valence-corrected chi connectivity index (χ2v) is 5.64. The van der Waals surface area contributed by atoms with Crippen molar-refractivity contribution in [2.45, 2.75) is 19.9 Å². The Morgan fingerprint density at radius 1 is 1.31 bits per heavy atom. The van der Waals surface area contributed by atoms with Crippen molar-refractivity contribution in [1.29, 1.82) is 0 Å². The SMILES string of the molecule is CCc1nn(C)c(OC)c1CN=C(NCCOC)NCC(=O)N(C)C.I. The third-order valence-electron chi connectivity index (χ3n) is 3.60. The number of nitrogens with one attached hydrogen (secondary N) is 2. The number of aromatic nitrogens is 2. The molecule has 0 aliphatic rings. The molecule has 26 heavy (non-hydrogen) atoms. The number of methoxy groups -OCH3 is 2. The van der Waals surface area contributed by atoms with Gasteiger partial charge < -0.3 is 25.0 Å². The Morgan fingerprint density at radius 2 is 2.00 bits per heavy atom. The van der Waals surface area contributed by atoms with Crippen LogP contribution in [0.15, 0.2) is 4.99 Å². The smallest absolute Gasteiger partial charge is 0.241 e. The number of hydrogen-bond donors (Lipinski definition) is 2. The highest BCUT2D eigenvalue weighted by Crippen LogP contribution is 2.22.